The lowest BCUT2D eigenvalue weighted by Gasteiger charge is -2.03. The minimum Gasteiger partial charge on any atom is -0.424 e. The maximum absolute atomic E-state index is 5.58. The number of nitrogens with zero attached hydrogens (tertiary/aromatic N) is 3. The fourth-order valence-electron chi connectivity index (χ4n) is 2.50. The highest BCUT2D eigenvalue weighted by atomic mass is 16.4. The Morgan fingerprint density at radius 3 is 3.00 bits per heavy atom. The molecule has 20 heavy (non-hydrogen) atoms. The minimum atomic E-state index is 0.188. The molecule has 4 rings (SSSR count). The van der Waals surface area contributed by atoms with E-state index in [4.69, 9.17) is 10.2 Å². The van der Waals surface area contributed by atoms with E-state index in [1.165, 1.54) is 0 Å². The Balaban J connectivity index is 2.00. The van der Waals surface area contributed by atoms with E-state index in [-0.39, 0.29) is 6.01 Å². The van der Waals surface area contributed by atoms with Crippen molar-refractivity contribution in [2.24, 2.45) is 7.05 Å². The highest BCUT2D eigenvalue weighted by Crippen LogP contribution is 2.30. The number of nitrogens with two attached hydrogens (primary N) is 1. The molecule has 2 aromatic heterocycles. The van der Waals surface area contributed by atoms with Gasteiger partial charge in [-0.3, -0.25) is 0 Å². The number of anilines is 1. The quantitative estimate of drug-likeness (QED) is 0.573. The van der Waals surface area contributed by atoms with Gasteiger partial charge in [0.05, 0.1) is 17.4 Å². The molecule has 0 saturated heterocycles. The zero-order valence-electron chi connectivity index (χ0n) is 10.9. The lowest BCUT2D eigenvalue weighted by molar-refractivity contribution is 0.626. The summed E-state index contributed by atoms with van der Waals surface area (Å²) in [7, 11) is 1.99. The molecule has 4 aromatic rings. The zero-order chi connectivity index (χ0) is 13.7. The summed E-state index contributed by atoms with van der Waals surface area (Å²) >= 11 is 0. The Bertz CT molecular complexity index is 936. The number of aryl methyl sites for hydroxylation is 1. The van der Waals surface area contributed by atoms with Crippen molar-refractivity contribution in [2.45, 2.75) is 0 Å². The number of fused-ring (bicyclic) bond motifs is 2. The number of nitrogen functional groups attached to an aromatic ring is 1. The summed E-state index contributed by atoms with van der Waals surface area (Å²) in [5, 5.41) is 0. The van der Waals surface area contributed by atoms with Crippen molar-refractivity contribution < 1.29 is 4.42 Å². The fourth-order valence-corrected chi connectivity index (χ4v) is 2.50. The Morgan fingerprint density at radius 2 is 2.10 bits per heavy atom. The van der Waals surface area contributed by atoms with Crippen molar-refractivity contribution in [1.29, 1.82) is 0 Å². The molecule has 0 aliphatic rings. The van der Waals surface area contributed by atoms with Gasteiger partial charge in [0.15, 0.2) is 5.58 Å². The number of rotatable bonds is 1. The number of imidazole rings is 1. The molecule has 5 nitrogen and oxygen atoms in total. The highest BCUT2D eigenvalue weighted by Gasteiger charge is 2.10. The molecule has 2 N–H and O–H groups in total. The van der Waals surface area contributed by atoms with Crippen molar-refractivity contribution in [3.63, 3.8) is 0 Å². The smallest absolute Gasteiger partial charge is 0.292 e. The lowest BCUT2D eigenvalue weighted by atomic mass is 10.0. The summed E-state index contributed by atoms with van der Waals surface area (Å²) in [6.07, 6.45) is 1.82. The molecule has 98 valence electrons. The molecule has 0 amide bonds. The Morgan fingerprint density at radius 1 is 1.20 bits per heavy atom. The molecule has 5 heteroatoms. The van der Waals surface area contributed by atoms with Gasteiger partial charge in [0.2, 0.25) is 0 Å². The molecule has 0 fully saturated rings. The van der Waals surface area contributed by atoms with E-state index in [0.29, 0.717) is 5.58 Å². The minimum absolute atomic E-state index is 0.188. The normalized spacial score (nSPS) is 11.4. The predicted molar refractivity (Wildman–Crippen MR) is 78.1 cm³/mol. The largest absolute Gasteiger partial charge is 0.424 e. The monoisotopic (exact) mass is 264 g/mol. The molecular weight excluding hydrogens is 252 g/mol. The molecule has 0 atom stereocenters. The molecule has 0 saturated carbocycles. The first kappa shape index (κ1) is 11.0. The van der Waals surface area contributed by atoms with E-state index >= 15 is 0 Å². The van der Waals surface area contributed by atoms with Gasteiger partial charge in [0, 0.05) is 12.6 Å². The SMILES string of the molecule is Cn1cnc2c(-c3ccc4nc(N)oc4c3)cccc21. The summed E-state index contributed by atoms with van der Waals surface area (Å²) in [4.78, 5) is 8.58. The van der Waals surface area contributed by atoms with Crippen LogP contribution < -0.4 is 5.73 Å². The van der Waals surface area contributed by atoms with E-state index in [2.05, 4.69) is 22.1 Å². The third kappa shape index (κ3) is 1.50. The van der Waals surface area contributed by atoms with E-state index in [1.54, 1.807) is 0 Å². The topological polar surface area (TPSA) is 69.9 Å². The first-order chi connectivity index (χ1) is 9.72. The zero-order valence-corrected chi connectivity index (χ0v) is 10.9. The van der Waals surface area contributed by atoms with Crippen LogP contribution in [0.1, 0.15) is 0 Å². The van der Waals surface area contributed by atoms with Crippen LogP contribution in [0.4, 0.5) is 6.01 Å². The van der Waals surface area contributed by atoms with Crippen LogP contribution in [0.15, 0.2) is 47.1 Å². The third-order valence-corrected chi connectivity index (χ3v) is 3.47. The van der Waals surface area contributed by atoms with Gasteiger partial charge in [0.25, 0.3) is 6.01 Å². The van der Waals surface area contributed by atoms with Gasteiger partial charge in [-0.05, 0) is 23.8 Å². The lowest BCUT2D eigenvalue weighted by Crippen LogP contribution is -1.84. The first-order valence-corrected chi connectivity index (χ1v) is 6.29. The molecule has 0 radical (unpaired) electrons. The Kier molecular flexibility index (Phi) is 2.12. The van der Waals surface area contributed by atoms with Crippen LogP contribution in [0, 0.1) is 0 Å². The van der Waals surface area contributed by atoms with E-state index < -0.39 is 0 Å². The van der Waals surface area contributed by atoms with Crippen LogP contribution in [-0.2, 0) is 7.05 Å². The molecule has 2 heterocycles. The average Bonchev–Trinajstić information content (AvgIpc) is 3.00. The molecule has 0 bridgehead atoms. The number of para-hydroxylation sites is 1. The summed E-state index contributed by atoms with van der Waals surface area (Å²) in [6.45, 7) is 0. The van der Waals surface area contributed by atoms with Crippen molar-refractivity contribution in [3.05, 3.63) is 42.7 Å². The number of benzene rings is 2. The summed E-state index contributed by atoms with van der Waals surface area (Å²) < 4.78 is 7.39. The van der Waals surface area contributed by atoms with Crippen molar-refractivity contribution in [2.75, 3.05) is 5.73 Å². The van der Waals surface area contributed by atoms with Gasteiger partial charge < -0.3 is 14.7 Å². The van der Waals surface area contributed by atoms with Crippen molar-refractivity contribution in [3.8, 4) is 11.1 Å². The van der Waals surface area contributed by atoms with Crippen molar-refractivity contribution >= 4 is 28.1 Å². The van der Waals surface area contributed by atoms with Crippen LogP contribution in [0.5, 0.6) is 0 Å². The van der Waals surface area contributed by atoms with Crippen LogP contribution in [0.3, 0.4) is 0 Å². The fraction of sp³-hybridized carbons (Fsp3) is 0.0667. The first-order valence-electron chi connectivity index (χ1n) is 6.29. The molecule has 0 unspecified atom stereocenters. The van der Waals surface area contributed by atoms with Gasteiger partial charge in [-0.1, -0.05) is 18.2 Å². The van der Waals surface area contributed by atoms with Gasteiger partial charge in [-0.25, -0.2) is 4.98 Å². The van der Waals surface area contributed by atoms with Gasteiger partial charge in [-0.2, -0.15) is 4.98 Å². The maximum atomic E-state index is 5.58. The van der Waals surface area contributed by atoms with Crippen LogP contribution >= 0.6 is 0 Å². The highest BCUT2D eigenvalue weighted by molar-refractivity contribution is 5.94. The molecule has 0 spiro atoms. The Labute approximate surface area is 114 Å². The summed E-state index contributed by atoms with van der Waals surface area (Å²) in [5.41, 5.74) is 11.2. The van der Waals surface area contributed by atoms with E-state index in [9.17, 15) is 0 Å². The van der Waals surface area contributed by atoms with E-state index in [0.717, 1.165) is 27.7 Å². The van der Waals surface area contributed by atoms with Crippen molar-refractivity contribution in [1.82, 2.24) is 14.5 Å². The summed E-state index contributed by atoms with van der Waals surface area (Å²) in [6, 6.07) is 12.2. The second-order valence-corrected chi connectivity index (χ2v) is 4.76. The second-order valence-electron chi connectivity index (χ2n) is 4.76. The average molecular weight is 264 g/mol. The second kappa shape index (κ2) is 3.84. The van der Waals surface area contributed by atoms with Crippen LogP contribution in [-0.4, -0.2) is 14.5 Å². The molecule has 0 aliphatic heterocycles. The third-order valence-electron chi connectivity index (χ3n) is 3.47. The Hall–Kier alpha value is -2.82. The predicted octanol–water partition coefficient (Wildman–Crippen LogP) is 2.96. The standard InChI is InChI=1S/C15H12N4O/c1-19-8-17-14-10(3-2-4-12(14)19)9-5-6-11-13(7-9)20-15(16)18-11/h2-8H,1H3,(H2,16,18). The number of oxazole rings is 1. The van der Waals surface area contributed by atoms with E-state index in [1.807, 2.05) is 42.2 Å². The summed E-state index contributed by atoms with van der Waals surface area (Å²) in [5.74, 6) is 0. The van der Waals surface area contributed by atoms with Crippen LogP contribution in [0.2, 0.25) is 0 Å². The number of hydrogen-bond donors (Lipinski definition) is 1. The molecular formula is C15H12N4O. The number of hydrogen-bond acceptors (Lipinski definition) is 4. The van der Waals surface area contributed by atoms with Gasteiger partial charge >= 0.3 is 0 Å². The van der Waals surface area contributed by atoms with Gasteiger partial charge in [-0.15, -0.1) is 0 Å². The number of aromatic nitrogens is 3. The van der Waals surface area contributed by atoms with Crippen LogP contribution in [0.25, 0.3) is 33.3 Å². The molecule has 0 aliphatic carbocycles. The molecule has 2 aromatic carbocycles. The maximum Gasteiger partial charge on any atom is 0.292 e. The van der Waals surface area contributed by atoms with Gasteiger partial charge in [0.1, 0.15) is 5.52 Å².